The number of nitrogens with zero attached hydrogens (tertiary/aromatic N) is 4. The van der Waals surface area contributed by atoms with Gasteiger partial charge in [0, 0.05) is 16.6 Å². The number of ether oxygens (including phenoxy) is 1. The summed E-state index contributed by atoms with van der Waals surface area (Å²) in [5.41, 5.74) is 7.07. The number of para-hydroxylation sites is 1. The van der Waals surface area contributed by atoms with E-state index in [1.165, 1.54) is 0 Å². The molecule has 160 valence electrons. The molecule has 0 aliphatic carbocycles. The van der Waals surface area contributed by atoms with Crippen LogP contribution in [0.2, 0.25) is 0 Å². The van der Waals surface area contributed by atoms with Gasteiger partial charge in [-0.05, 0) is 38.1 Å². The Balaban J connectivity index is 1.63. The number of hydrazine groups is 1. The third kappa shape index (κ3) is 4.29. The topological polar surface area (TPSA) is 132 Å². The monoisotopic (exact) mass is 430 g/mol. The summed E-state index contributed by atoms with van der Waals surface area (Å²) >= 11 is 0. The van der Waals surface area contributed by atoms with Gasteiger partial charge in [0.25, 0.3) is 5.91 Å². The van der Waals surface area contributed by atoms with Crippen molar-refractivity contribution >= 4 is 28.3 Å². The summed E-state index contributed by atoms with van der Waals surface area (Å²) in [5.74, 6) is -0.672. The summed E-state index contributed by atoms with van der Waals surface area (Å²) in [6.07, 6.45) is 1.10. The number of nitro groups is 1. The number of fused-ring (bicyclic) bond motifs is 1. The lowest BCUT2D eigenvalue weighted by atomic mass is 10.1. The second-order valence-electron chi connectivity index (χ2n) is 6.96. The molecule has 2 heterocycles. The van der Waals surface area contributed by atoms with Crippen molar-refractivity contribution in [1.82, 2.24) is 20.4 Å². The zero-order chi connectivity index (χ0) is 22.7. The molecular formula is C22H18N6O4. The lowest BCUT2D eigenvalue weighted by molar-refractivity contribution is -0.385. The summed E-state index contributed by atoms with van der Waals surface area (Å²) in [6, 6.07) is 15.9. The van der Waals surface area contributed by atoms with Crippen molar-refractivity contribution in [1.29, 1.82) is 0 Å². The highest BCUT2D eigenvalue weighted by Gasteiger charge is 2.26. The molecule has 0 fully saturated rings. The molecule has 0 saturated heterocycles. The van der Waals surface area contributed by atoms with E-state index in [9.17, 15) is 14.9 Å². The van der Waals surface area contributed by atoms with Crippen LogP contribution < -0.4 is 15.6 Å². The maximum Gasteiger partial charge on any atom is 0.374 e. The van der Waals surface area contributed by atoms with Crippen LogP contribution in [-0.2, 0) is 0 Å². The minimum atomic E-state index is -0.681. The summed E-state index contributed by atoms with van der Waals surface area (Å²) < 4.78 is 5.78. The molecule has 0 spiro atoms. The van der Waals surface area contributed by atoms with Gasteiger partial charge in [-0.1, -0.05) is 35.9 Å². The second kappa shape index (κ2) is 8.64. The van der Waals surface area contributed by atoms with Crippen LogP contribution in [0.15, 0.2) is 60.9 Å². The fourth-order valence-electron chi connectivity index (χ4n) is 2.99. The Morgan fingerprint density at radius 3 is 2.56 bits per heavy atom. The standard InChI is InChI=1S/C22H18N6O4/c1-13-6-9-16(10-7-13)21(29)27-26-20-19(28(30)31)22(24-12-23-20)32-17-5-3-4-15-11-8-14(2)25-18(15)17/h3-12H,1-2H3,(H,27,29)(H,23,24,26). The van der Waals surface area contributed by atoms with Gasteiger partial charge in [-0.15, -0.1) is 0 Å². The van der Waals surface area contributed by atoms with Crippen LogP contribution in [0, 0.1) is 24.0 Å². The average Bonchev–Trinajstić information content (AvgIpc) is 2.78. The molecule has 0 bridgehead atoms. The van der Waals surface area contributed by atoms with E-state index in [4.69, 9.17) is 4.74 Å². The number of carbonyl (C=O) groups excluding carboxylic acids is 1. The first kappa shape index (κ1) is 20.7. The van der Waals surface area contributed by atoms with Crippen molar-refractivity contribution in [2.24, 2.45) is 0 Å². The molecule has 0 saturated carbocycles. The first-order chi connectivity index (χ1) is 15.4. The van der Waals surface area contributed by atoms with E-state index in [2.05, 4.69) is 25.8 Å². The zero-order valence-corrected chi connectivity index (χ0v) is 17.2. The molecule has 1 amide bonds. The smallest absolute Gasteiger partial charge is 0.374 e. The number of pyridine rings is 1. The fraction of sp³-hybridized carbons (Fsp3) is 0.0909. The van der Waals surface area contributed by atoms with E-state index in [0.717, 1.165) is 23.0 Å². The van der Waals surface area contributed by atoms with E-state index in [-0.39, 0.29) is 11.7 Å². The van der Waals surface area contributed by atoms with E-state index in [1.54, 1.807) is 36.4 Å². The molecule has 32 heavy (non-hydrogen) atoms. The highest BCUT2D eigenvalue weighted by atomic mass is 16.6. The molecule has 0 aliphatic heterocycles. The number of hydrogen-bond donors (Lipinski definition) is 2. The molecule has 2 aromatic carbocycles. The van der Waals surface area contributed by atoms with Crippen molar-refractivity contribution in [2.45, 2.75) is 13.8 Å². The number of hydrogen-bond acceptors (Lipinski definition) is 8. The van der Waals surface area contributed by atoms with Crippen LogP contribution >= 0.6 is 0 Å². The number of amides is 1. The lowest BCUT2D eigenvalue weighted by Crippen LogP contribution is -2.30. The van der Waals surface area contributed by atoms with Gasteiger partial charge in [0.05, 0.1) is 4.92 Å². The summed E-state index contributed by atoms with van der Waals surface area (Å²) in [6.45, 7) is 3.74. The Hall–Kier alpha value is -4.60. The van der Waals surface area contributed by atoms with E-state index in [1.807, 2.05) is 32.0 Å². The van der Waals surface area contributed by atoms with Crippen molar-refractivity contribution in [3.63, 3.8) is 0 Å². The second-order valence-corrected chi connectivity index (χ2v) is 6.96. The minimum absolute atomic E-state index is 0.218. The highest BCUT2D eigenvalue weighted by molar-refractivity contribution is 5.95. The van der Waals surface area contributed by atoms with Crippen molar-refractivity contribution < 1.29 is 14.5 Å². The molecule has 0 radical (unpaired) electrons. The summed E-state index contributed by atoms with van der Waals surface area (Å²) in [7, 11) is 0. The van der Waals surface area contributed by atoms with Crippen LogP contribution in [-0.4, -0.2) is 25.8 Å². The minimum Gasteiger partial charge on any atom is -0.431 e. The maximum atomic E-state index is 12.3. The summed E-state index contributed by atoms with van der Waals surface area (Å²) in [4.78, 5) is 35.7. The lowest BCUT2D eigenvalue weighted by Gasteiger charge is -2.11. The third-order valence-electron chi connectivity index (χ3n) is 4.61. The van der Waals surface area contributed by atoms with Gasteiger partial charge in [-0.3, -0.25) is 25.8 Å². The summed E-state index contributed by atoms with van der Waals surface area (Å²) in [5, 5.41) is 12.6. The van der Waals surface area contributed by atoms with Gasteiger partial charge in [-0.25, -0.2) is 9.97 Å². The maximum absolute atomic E-state index is 12.3. The zero-order valence-electron chi connectivity index (χ0n) is 17.2. The Labute approximate surface area is 182 Å². The highest BCUT2D eigenvalue weighted by Crippen LogP contribution is 2.36. The van der Waals surface area contributed by atoms with Gasteiger partial charge < -0.3 is 4.74 Å². The SMILES string of the molecule is Cc1ccc(C(=O)NNc2ncnc(Oc3cccc4ccc(C)nc34)c2[N+](=O)[O-])cc1. The van der Waals surface area contributed by atoms with Crippen LogP contribution in [0.25, 0.3) is 10.9 Å². The van der Waals surface area contributed by atoms with Gasteiger partial charge >= 0.3 is 11.6 Å². The Kier molecular flexibility index (Phi) is 5.58. The number of anilines is 1. The molecular weight excluding hydrogens is 412 g/mol. The van der Waals surface area contributed by atoms with E-state index < -0.39 is 16.5 Å². The number of aromatic nitrogens is 3. The van der Waals surface area contributed by atoms with Crippen molar-refractivity contribution in [3.8, 4) is 11.6 Å². The molecule has 4 aromatic rings. The number of nitrogens with one attached hydrogen (secondary N) is 2. The number of aryl methyl sites for hydroxylation is 2. The number of benzene rings is 2. The first-order valence-corrected chi connectivity index (χ1v) is 9.59. The number of rotatable bonds is 6. The van der Waals surface area contributed by atoms with Gasteiger partial charge in [0.15, 0.2) is 5.75 Å². The molecule has 0 atom stereocenters. The van der Waals surface area contributed by atoms with Crippen molar-refractivity contribution in [3.05, 3.63) is 87.9 Å². The predicted molar refractivity (Wildman–Crippen MR) is 118 cm³/mol. The third-order valence-corrected chi connectivity index (χ3v) is 4.61. The predicted octanol–water partition coefficient (Wildman–Crippen LogP) is 4.10. The molecule has 4 rings (SSSR count). The Morgan fingerprint density at radius 1 is 1.03 bits per heavy atom. The first-order valence-electron chi connectivity index (χ1n) is 9.59. The molecule has 2 aromatic heterocycles. The normalized spacial score (nSPS) is 10.6. The Morgan fingerprint density at radius 2 is 1.81 bits per heavy atom. The fourth-order valence-corrected chi connectivity index (χ4v) is 2.99. The van der Waals surface area contributed by atoms with Crippen LogP contribution in [0.5, 0.6) is 11.6 Å². The van der Waals surface area contributed by atoms with Gasteiger partial charge in [0.1, 0.15) is 11.8 Å². The average molecular weight is 430 g/mol. The number of carbonyl (C=O) groups is 1. The molecule has 0 aliphatic rings. The van der Waals surface area contributed by atoms with Crippen LogP contribution in [0.1, 0.15) is 21.6 Å². The van der Waals surface area contributed by atoms with Crippen LogP contribution in [0.3, 0.4) is 0 Å². The van der Waals surface area contributed by atoms with E-state index >= 15 is 0 Å². The molecule has 10 nitrogen and oxygen atoms in total. The molecule has 2 N–H and O–H groups in total. The van der Waals surface area contributed by atoms with E-state index in [0.29, 0.717) is 16.8 Å². The molecule has 10 heteroatoms. The Bertz CT molecular complexity index is 1320. The van der Waals surface area contributed by atoms with Crippen LogP contribution in [0.4, 0.5) is 11.5 Å². The van der Waals surface area contributed by atoms with Gasteiger partial charge in [-0.2, -0.15) is 4.98 Å². The van der Waals surface area contributed by atoms with Gasteiger partial charge in [0.2, 0.25) is 5.82 Å². The quantitative estimate of drug-likeness (QED) is 0.345. The molecule has 0 unspecified atom stereocenters. The van der Waals surface area contributed by atoms with Crippen molar-refractivity contribution in [2.75, 3.05) is 5.43 Å². The largest absolute Gasteiger partial charge is 0.431 e.